The molecular formula is C17H20N4O. The van der Waals surface area contributed by atoms with Crippen molar-refractivity contribution in [2.45, 2.75) is 25.6 Å². The van der Waals surface area contributed by atoms with Gasteiger partial charge in [-0.1, -0.05) is 18.2 Å². The van der Waals surface area contributed by atoms with Crippen LogP contribution in [0.1, 0.15) is 17.5 Å². The summed E-state index contributed by atoms with van der Waals surface area (Å²) in [5, 5.41) is 13.5. The summed E-state index contributed by atoms with van der Waals surface area (Å²) in [6, 6.07) is 12.0. The molecule has 2 heterocycles. The standard InChI is InChI=1S/C17H20N4O/c18-11-15-5-1-2-6-16(15)12-20-8-4-10-22-17(13-20)14-21-9-3-7-19-21/h1-3,5-7,9,17H,4,8,10,12-14H2. The maximum Gasteiger partial charge on any atom is 0.0995 e. The molecule has 0 amide bonds. The first-order chi connectivity index (χ1) is 10.8. The SMILES string of the molecule is N#Cc1ccccc1CN1CCCOC(Cn2cccn2)C1. The molecule has 1 aromatic heterocycles. The van der Waals surface area contributed by atoms with Crippen LogP contribution in [0, 0.1) is 11.3 Å². The van der Waals surface area contributed by atoms with Crippen molar-refractivity contribution >= 4 is 0 Å². The van der Waals surface area contributed by atoms with E-state index in [1.54, 1.807) is 6.20 Å². The molecule has 3 rings (SSSR count). The molecule has 1 aromatic carbocycles. The number of ether oxygens (including phenoxy) is 1. The van der Waals surface area contributed by atoms with Crippen molar-refractivity contribution in [3.63, 3.8) is 0 Å². The second-order valence-electron chi connectivity index (χ2n) is 5.58. The van der Waals surface area contributed by atoms with E-state index in [0.717, 1.165) is 50.3 Å². The molecule has 1 aliphatic rings. The van der Waals surface area contributed by atoms with E-state index in [1.165, 1.54) is 0 Å². The second-order valence-corrected chi connectivity index (χ2v) is 5.58. The zero-order valence-electron chi connectivity index (χ0n) is 12.6. The molecule has 1 unspecified atom stereocenters. The summed E-state index contributed by atoms with van der Waals surface area (Å²) in [6.45, 7) is 4.20. The Kier molecular flexibility index (Phi) is 4.84. The van der Waals surface area contributed by atoms with Crippen molar-refractivity contribution in [2.24, 2.45) is 0 Å². The fourth-order valence-electron chi connectivity index (χ4n) is 2.85. The van der Waals surface area contributed by atoms with Crippen LogP contribution in [0.5, 0.6) is 0 Å². The van der Waals surface area contributed by atoms with Crippen LogP contribution in [0.3, 0.4) is 0 Å². The van der Waals surface area contributed by atoms with E-state index in [0.29, 0.717) is 0 Å². The second kappa shape index (κ2) is 7.21. The highest BCUT2D eigenvalue weighted by Gasteiger charge is 2.20. The summed E-state index contributed by atoms with van der Waals surface area (Å²) in [4.78, 5) is 2.37. The summed E-state index contributed by atoms with van der Waals surface area (Å²) >= 11 is 0. The van der Waals surface area contributed by atoms with Crippen LogP contribution in [-0.2, 0) is 17.8 Å². The summed E-state index contributed by atoms with van der Waals surface area (Å²) in [7, 11) is 0. The van der Waals surface area contributed by atoms with Gasteiger partial charge >= 0.3 is 0 Å². The minimum Gasteiger partial charge on any atom is -0.375 e. The Hall–Kier alpha value is -2.16. The maximum atomic E-state index is 9.22. The first kappa shape index (κ1) is 14.8. The van der Waals surface area contributed by atoms with Gasteiger partial charge in [0.25, 0.3) is 0 Å². The molecule has 1 fully saturated rings. The van der Waals surface area contributed by atoms with E-state index in [-0.39, 0.29) is 6.10 Å². The van der Waals surface area contributed by atoms with Crippen molar-refractivity contribution in [1.82, 2.24) is 14.7 Å². The summed E-state index contributed by atoms with van der Waals surface area (Å²) in [6.07, 6.45) is 4.91. The van der Waals surface area contributed by atoms with Gasteiger partial charge in [0, 0.05) is 38.6 Å². The van der Waals surface area contributed by atoms with Gasteiger partial charge in [-0.2, -0.15) is 10.4 Å². The third-order valence-corrected chi connectivity index (χ3v) is 3.92. The Morgan fingerprint density at radius 2 is 2.23 bits per heavy atom. The molecule has 0 N–H and O–H groups in total. The van der Waals surface area contributed by atoms with Gasteiger partial charge in [0.15, 0.2) is 0 Å². The summed E-state index contributed by atoms with van der Waals surface area (Å²) < 4.78 is 7.85. The topological polar surface area (TPSA) is 54.1 Å². The van der Waals surface area contributed by atoms with Gasteiger partial charge in [0.1, 0.15) is 0 Å². The number of aromatic nitrogens is 2. The van der Waals surface area contributed by atoms with E-state index in [9.17, 15) is 5.26 Å². The molecule has 5 nitrogen and oxygen atoms in total. The highest BCUT2D eigenvalue weighted by molar-refractivity contribution is 5.37. The van der Waals surface area contributed by atoms with E-state index in [1.807, 2.05) is 41.2 Å². The molecule has 0 bridgehead atoms. The van der Waals surface area contributed by atoms with Crippen molar-refractivity contribution in [3.8, 4) is 6.07 Å². The highest BCUT2D eigenvalue weighted by atomic mass is 16.5. The number of nitriles is 1. The zero-order valence-corrected chi connectivity index (χ0v) is 12.6. The van der Waals surface area contributed by atoms with Gasteiger partial charge in [0.2, 0.25) is 0 Å². The van der Waals surface area contributed by atoms with Crippen LogP contribution >= 0.6 is 0 Å². The van der Waals surface area contributed by atoms with Crippen LogP contribution < -0.4 is 0 Å². The van der Waals surface area contributed by atoms with Crippen LogP contribution in [0.15, 0.2) is 42.7 Å². The number of nitrogens with zero attached hydrogens (tertiary/aromatic N) is 4. The minimum atomic E-state index is 0.136. The summed E-state index contributed by atoms with van der Waals surface area (Å²) in [5.41, 5.74) is 1.85. The van der Waals surface area contributed by atoms with Crippen LogP contribution in [0.25, 0.3) is 0 Å². The summed E-state index contributed by atoms with van der Waals surface area (Å²) in [5.74, 6) is 0. The Balaban J connectivity index is 1.66. The van der Waals surface area contributed by atoms with E-state index in [2.05, 4.69) is 16.1 Å². The Morgan fingerprint density at radius 3 is 3.05 bits per heavy atom. The normalized spacial score (nSPS) is 19.5. The molecule has 22 heavy (non-hydrogen) atoms. The molecule has 2 aromatic rings. The lowest BCUT2D eigenvalue weighted by Gasteiger charge is -2.24. The fraction of sp³-hybridized carbons (Fsp3) is 0.412. The number of benzene rings is 1. The molecule has 0 radical (unpaired) electrons. The van der Waals surface area contributed by atoms with Crippen LogP contribution in [-0.4, -0.2) is 40.5 Å². The van der Waals surface area contributed by atoms with E-state index >= 15 is 0 Å². The number of hydrogen-bond donors (Lipinski definition) is 0. The van der Waals surface area contributed by atoms with E-state index < -0.39 is 0 Å². The molecule has 1 saturated heterocycles. The molecule has 1 atom stereocenters. The van der Waals surface area contributed by atoms with Gasteiger partial charge in [-0.3, -0.25) is 9.58 Å². The highest BCUT2D eigenvalue weighted by Crippen LogP contribution is 2.14. The van der Waals surface area contributed by atoms with Gasteiger partial charge in [-0.05, 0) is 24.1 Å². The largest absolute Gasteiger partial charge is 0.375 e. The lowest BCUT2D eigenvalue weighted by Crippen LogP contribution is -2.34. The third kappa shape index (κ3) is 3.73. The molecule has 0 aliphatic carbocycles. The Bertz CT molecular complexity index is 632. The lowest BCUT2D eigenvalue weighted by atomic mass is 10.1. The van der Waals surface area contributed by atoms with Crippen molar-refractivity contribution < 1.29 is 4.74 Å². The zero-order chi connectivity index (χ0) is 15.2. The van der Waals surface area contributed by atoms with Crippen molar-refractivity contribution in [3.05, 3.63) is 53.9 Å². The number of hydrogen-bond acceptors (Lipinski definition) is 4. The number of rotatable bonds is 4. The fourth-order valence-corrected chi connectivity index (χ4v) is 2.85. The van der Waals surface area contributed by atoms with Crippen molar-refractivity contribution in [1.29, 1.82) is 5.26 Å². The van der Waals surface area contributed by atoms with Gasteiger partial charge in [0.05, 0.1) is 24.3 Å². The molecule has 0 saturated carbocycles. The van der Waals surface area contributed by atoms with Gasteiger partial charge in [-0.25, -0.2) is 0 Å². The maximum absolute atomic E-state index is 9.22. The van der Waals surface area contributed by atoms with E-state index in [4.69, 9.17) is 4.74 Å². The lowest BCUT2D eigenvalue weighted by molar-refractivity contribution is 0.0391. The van der Waals surface area contributed by atoms with Crippen LogP contribution in [0.2, 0.25) is 0 Å². The Labute approximate surface area is 130 Å². The smallest absolute Gasteiger partial charge is 0.0995 e. The minimum absolute atomic E-state index is 0.136. The average molecular weight is 296 g/mol. The first-order valence-electron chi connectivity index (χ1n) is 7.64. The molecule has 1 aliphatic heterocycles. The first-order valence-corrected chi connectivity index (χ1v) is 7.64. The molecule has 114 valence electrons. The Morgan fingerprint density at radius 1 is 1.32 bits per heavy atom. The average Bonchev–Trinajstić information content (AvgIpc) is 2.95. The molecular weight excluding hydrogens is 276 g/mol. The predicted octanol–water partition coefficient (Wildman–Crippen LogP) is 2.05. The van der Waals surface area contributed by atoms with Gasteiger partial charge < -0.3 is 4.74 Å². The van der Waals surface area contributed by atoms with Crippen LogP contribution in [0.4, 0.5) is 0 Å². The third-order valence-electron chi connectivity index (χ3n) is 3.92. The monoisotopic (exact) mass is 296 g/mol. The van der Waals surface area contributed by atoms with Gasteiger partial charge in [-0.15, -0.1) is 0 Å². The quantitative estimate of drug-likeness (QED) is 0.866. The van der Waals surface area contributed by atoms with Crippen molar-refractivity contribution in [2.75, 3.05) is 19.7 Å². The molecule has 0 spiro atoms. The predicted molar refractivity (Wildman–Crippen MR) is 83.0 cm³/mol. The molecule has 5 heteroatoms.